The van der Waals surface area contributed by atoms with Crippen molar-refractivity contribution < 1.29 is 4.42 Å². The number of para-hydroxylation sites is 1. The van der Waals surface area contributed by atoms with Gasteiger partial charge < -0.3 is 9.73 Å². The number of likely N-dealkylation sites (tertiary alicyclic amines) is 1. The monoisotopic (exact) mass is 286 g/mol. The average molecular weight is 286 g/mol. The van der Waals surface area contributed by atoms with E-state index in [1.807, 2.05) is 19.2 Å². The van der Waals surface area contributed by atoms with Crippen molar-refractivity contribution in [3.8, 4) is 0 Å². The normalized spacial score (nSPS) is 25.3. The van der Waals surface area contributed by atoms with Gasteiger partial charge in [-0.3, -0.25) is 4.90 Å². The van der Waals surface area contributed by atoms with Crippen LogP contribution in [-0.4, -0.2) is 30.6 Å². The smallest absolute Gasteiger partial charge is 0.134 e. The largest absolute Gasteiger partial charge is 0.459 e. The Kier molecular flexibility index (Phi) is 4.32. The number of nitrogens with one attached hydrogen (secondary N) is 1. The first-order valence-corrected chi connectivity index (χ1v) is 8.10. The van der Waals surface area contributed by atoms with Gasteiger partial charge in [-0.1, -0.05) is 24.6 Å². The Morgan fingerprint density at radius 2 is 1.95 bits per heavy atom. The minimum atomic E-state index is 0.250. The molecule has 1 unspecified atom stereocenters. The number of benzene rings is 1. The van der Waals surface area contributed by atoms with Gasteiger partial charge in [0.05, 0.1) is 6.04 Å². The number of likely N-dealkylation sites (N-methyl/N-ethyl adjacent to an activating group) is 1. The molecule has 0 aliphatic carbocycles. The molecule has 1 aliphatic rings. The van der Waals surface area contributed by atoms with Crippen molar-refractivity contribution >= 4 is 11.0 Å². The van der Waals surface area contributed by atoms with Crippen LogP contribution in [0.1, 0.15) is 44.9 Å². The van der Waals surface area contributed by atoms with E-state index in [0.717, 1.165) is 17.9 Å². The molecule has 1 saturated heterocycles. The van der Waals surface area contributed by atoms with Crippen molar-refractivity contribution in [3.63, 3.8) is 0 Å². The van der Waals surface area contributed by atoms with Crippen molar-refractivity contribution in [1.82, 2.24) is 10.2 Å². The summed E-state index contributed by atoms with van der Waals surface area (Å²) in [5, 5.41) is 4.62. The number of nitrogens with zero attached hydrogens (tertiary/aromatic N) is 1. The second kappa shape index (κ2) is 6.20. The van der Waals surface area contributed by atoms with E-state index >= 15 is 0 Å². The summed E-state index contributed by atoms with van der Waals surface area (Å²) in [5.41, 5.74) is 0.979. The Labute approximate surface area is 127 Å². The van der Waals surface area contributed by atoms with Gasteiger partial charge in [-0.05, 0) is 45.9 Å². The summed E-state index contributed by atoms with van der Waals surface area (Å²) in [7, 11) is 2.02. The highest BCUT2D eigenvalue weighted by Crippen LogP contribution is 2.28. The van der Waals surface area contributed by atoms with Gasteiger partial charge in [0.1, 0.15) is 11.3 Å². The Morgan fingerprint density at radius 1 is 1.24 bits per heavy atom. The number of furan rings is 1. The summed E-state index contributed by atoms with van der Waals surface area (Å²) in [4.78, 5) is 2.62. The molecule has 1 aromatic carbocycles. The second-order valence-corrected chi connectivity index (χ2v) is 6.35. The minimum absolute atomic E-state index is 0.250. The van der Waals surface area contributed by atoms with E-state index in [4.69, 9.17) is 4.42 Å². The van der Waals surface area contributed by atoms with Crippen molar-refractivity contribution in [3.05, 3.63) is 36.1 Å². The van der Waals surface area contributed by atoms with Gasteiger partial charge in [-0.2, -0.15) is 0 Å². The predicted octanol–water partition coefficient (Wildman–Crippen LogP) is 3.96. The van der Waals surface area contributed by atoms with E-state index in [0.29, 0.717) is 12.1 Å². The molecular weight excluding hydrogens is 260 g/mol. The summed E-state index contributed by atoms with van der Waals surface area (Å²) < 4.78 is 6.04. The zero-order chi connectivity index (χ0) is 14.8. The van der Waals surface area contributed by atoms with Gasteiger partial charge in [-0.15, -0.1) is 0 Å². The van der Waals surface area contributed by atoms with Crippen LogP contribution < -0.4 is 5.32 Å². The van der Waals surface area contributed by atoms with Crippen LogP contribution in [0.5, 0.6) is 0 Å². The van der Waals surface area contributed by atoms with Gasteiger partial charge in [0.2, 0.25) is 0 Å². The van der Waals surface area contributed by atoms with E-state index in [2.05, 4.69) is 42.3 Å². The fraction of sp³-hybridized carbons (Fsp3) is 0.556. The highest BCUT2D eigenvalue weighted by atomic mass is 16.3. The Morgan fingerprint density at radius 3 is 2.62 bits per heavy atom. The fourth-order valence-corrected chi connectivity index (χ4v) is 3.54. The molecule has 1 aliphatic heterocycles. The van der Waals surface area contributed by atoms with Gasteiger partial charge in [0.25, 0.3) is 0 Å². The summed E-state index contributed by atoms with van der Waals surface area (Å²) in [5.74, 6) is 1.05. The van der Waals surface area contributed by atoms with Crippen LogP contribution in [0, 0.1) is 0 Å². The third kappa shape index (κ3) is 2.99. The van der Waals surface area contributed by atoms with Crippen LogP contribution in [-0.2, 0) is 0 Å². The summed E-state index contributed by atoms with van der Waals surface area (Å²) in [6, 6.07) is 12.0. The molecule has 1 aromatic heterocycles. The third-order valence-electron chi connectivity index (χ3n) is 4.91. The topological polar surface area (TPSA) is 28.4 Å². The highest BCUT2D eigenvalue weighted by molar-refractivity contribution is 5.77. The SMILES string of the molecule is CNC(CN1[C@H](C)CCC[C@@H]1C)c1cc2ccccc2o1. The van der Waals surface area contributed by atoms with E-state index in [9.17, 15) is 0 Å². The molecule has 1 N–H and O–H groups in total. The van der Waals surface area contributed by atoms with E-state index < -0.39 is 0 Å². The lowest BCUT2D eigenvalue weighted by molar-refractivity contribution is 0.0890. The Bertz CT molecular complexity index is 549. The fourth-order valence-electron chi connectivity index (χ4n) is 3.54. The van der Waals surface area contributed by atoms with Gasteiger partial charge >= 0.3 is 0 Å². The lowest BCUT2D eigenvalue weighted by Crippen LogP contribution is -2.47. The Hall–Kier alpha value is -1.32. The molecule has 3 nitrogen and oxygen atoms in total. The number of piperidine rings is 1. The maximum Gasteiger partial charge on any atom is 0.134 e. The first-order chi connectivity index (χ1) is 10.2. The van der Waals surface area contributed by atoms with Gasteiger partial charge in [-0.25, -0.2) is 0 Å². The number of rotatable bonds is 4. The average Bonchev–Trinajstić information content (AvgIpc) is 2.90. The molecule has 0 spiro atoms. The molecule has 1 fully saturated rings. The maximum atomic E-state index is 6.04. The first-order valence-electron chi connectivity index (χ1n) is 8.10. The molecule has 0 amide bonds. The molecule has 114 valence electrons. The zero-order valence-corrected chi connectivity index (χ0v) is 13.3. The molecule has 3 atom stereocenters. The highest BCUT2D eigenvalue weighted by Gasteiger charge is 2.28. The number of fused-ring (bicyclic) bond motifs is 1. The van der Waals surface area contributed by atoms with Crippen molar-refractivity contribution in [2.75, 3.05) is 13.6 Å². The molecule has 0 saturated carbocycles. The van der Waals surface area contributed by atoms with E-state index in [1.54, 1.807) is 0 Å². The molecular formula is C18H26N2O. The molecule has 3 rings (SSSR count). The molecule has 3 heteroatoms. The summed E-state index contributed by atoms with van der Waals surface area (Å²) in [6.45, 7) is 5.71. The van der Waals surface area contributed by atoms with Crippen molar-refractivity contribution in [2.24, 2.45) is 0 Å². The van der Waals surface area contributed by atoms with Crippen molar-refractivity contribution in [1.29, 1.82) is 0 Å². The lowest BCUT2D eigenvalue weighted by Gasteiger charge is -2.40. The number of hydrogen-bond acceptors (Lipinski definition) is 3. The molecule has 2 heterocycles. The molecule has 21 heavy (non-hydrogen) atoms. The molecule has 0 bridgehead atoms. The van der Waals surface area contributed by atoms with Crippen molar-refractivity contribution in [2.45, 2.75) is 51.2 Å². The Balaban J connectivity index is 1.80. The summed E-state index contributed by atoms with van der Waals surface area (Å²) >= 11 is 0. The maximum absolute atomic E-state index is 6.04. The molecule has 0 radical (unpaired) electrons. The second-order valence-electron chi connectivity index (χ2n) is 6.35. The van der Waals surface area contributed by atoms with E-state index in [-0.39, 0.29) is 6.04 Å². The number of hydrogen-bond donors (Lipinski definition) is 1. The van der Waals surface area contributed by atoms with Crippen LogP contribution in [0.4, 0.5) is 0 Å². The van der Waals surface area contributed by atoms with Crippen LogP contribution in [0.3, 0.4) is 0 Å². The van der Waals surface area contributed by atoms with Gasteiger partial charge in [0, 0.05) is 24.0 Å². The first kappa shape index (κ1) is 14.6. The van der Waals surface area contributed by atoms with Crippen LogP contribution in [0.25, 0.3) is 11.0 Å². The molecule has 2 aromatic rings. The predicted molar refractivity (Wildman–Crippen MR) is 87.5 cm³/mol. The van der Waals surface area contributed by atoms with Crippen LogP contribution in [0.2, 0.25) is 0 Å². The zero-order valence-electron chi connectivity index (χ0n) is 13.3. The quantitative estimate of drug-likeness (QED) is 0.922. The van der Waals surface area contributed by atoms with Crippen LogP contribution >= 0.6 is 0 Å². The minimum Gasteiger partial charge on any atom is -0.459 e. The third-order valence-corrected chi connectivity index (χ3v) is 4.91. The standard InChI is InChI=1S/C18H26N2O/c1-13-7-6-8-14(2)20(13)12-16(19-3)18-11-15-9-4-5-10-17(15)21-18/h4-5,9-11,13-14,16,19H,6-8,12H2,1-3H3/t13-,14+,16?. The van der Waals surface area contributed by atoms with Crippen LogP contribution in [0.15, 0.2) is 34.7 Å². The van der Waals surface area contributed by atoms with Gasteiger partial charge in [0.15, 0.2) is 0 Å². The lowest BCUT2D eigenvalue weighted by atomic mass is 9.96. The summed E-state index contributed by atoms with van der Waals surface area (Å²) in [6.07, 6.45) is 3.97. The van der Waals surface area contributed by atoms with E-state index in [1.165, 1.54) is 24.6 Å².